The van der Waals surface area contributed by atoms with Gasteiger partial charge in [-0.15, -0.1) is 11.3 Å². The van der Waals surface area contributed by atoms with E-state index in [0.717, 1.165) is 61.9 Å². The molecule has 10 nitrogen and oxygen atoms in total. The van der Waals surface area contributed by atoms with Crippen LogP contribution in [0, 0.1) is 5.92 Å². The first kappa shape index (κ1) is 28.2. The van der Waals surface area contributed by atoms with Crippen LogP contribution in [0.3, 0.4) is 0 Å². The number of morpholine rings is 1. The number of anilines is 2. The number of thiazole rings is 1. The van der Waals surface area contributed by atoms with Gasteiger partial charge in [0.1, 0.15) is 5.69 Å². The van der Waals surface area contributed by atoms with Crippen LogP contribution in [0.4, 0.5) is 10.8 Å². The van der Waals surface area contributed by atoms with Gasteiger partial charge >= 0.3 is 0 Å². The van der Waals surface area contributed by atoms with E-state index in [-0.39, 0.29) is 11.8 Å². The Balaban J connectivity index is 1.29. The number of ether oxygens (including phenoxy) is 2. The second-order valence-corrected chi connectivity index (χ2v) is 11.1. The molecule has 0 unspecified atom stereocenters. The Kier molecular flexibility index (Phi) is 9.72. The summed E-state index contributed by atoms with van der Waals surface area (Å²) in [5.41, 5.74) is 3.08. The molecule has 4 heterocycles. The van der Waals surface area contributed by atoms with Crippen LogP contribution >= 0.6 is 11.3 Å². The molecular weight excluding hydrogens is 528 g/mol. The van der Waals surface area contributed by atoms with Crippen molar-refractivity contribution in [1.29, 1.82) is 0 Å². The Hall–Kier alpha value is -3.38. The van der Waals surface area contributed by atoms with E-state index in [1.54, 1.807) is 23.8 Å². The molecule has 2 aliphatic heterocycles. The van der Waals surface area contributed by atoms with Gasteiger partial charge in [0, 0.05) is 70.8 Å². The molecule has 3 aromatic rings. The molecule has 0 bridgehead atoms. The molecule has 0 atom stereocenters. The standard InChI is InChI=1S/C29H36N6O4S/c1-34(18-21-6-11-38-12-7-21)29-33-26(20-40-29)28(37)32-25-5-4-22(19-35-9-13-39-14-10-35)15-24(25)27(36)31-17-23-3-2-8-30-16-23/h2-5,8,15-16,20-21H,6-7,9-14,17-19H2,1H3,(H,31,36)(H,32,37). The van der Waals surface area contributed by atoms with Crippen LogP contribution in [-0.4, -0.2) is 79.8 Å². The van der Waals surface area contributed by atoms with Crippen molar-refractivity contribution < 1.29 is 19.1 Å². The van der Waals surface area contributed by atoms with Crippen molar-refractivity contribution in [3.05, 3.63) is 70.5 Å². The maximum absolute atomic E-state index is 13.3. The van der Waals surface area contributed by atoms with Crippen LogP contribution in [0.25, 0.3) is 0 Å². The zero-order valence-electron chi connectivity index (χ0n) is 22.8. The normalized spacial score (nSPS) is 16.4. The predicted octanol–water partition coefficient (Wildman–Crippen LogP) is 3.42. The van der Waals surface area contributed by atoms with Crippen LogP contribution in [0.1, 0.15) is 44.8 Å². The number of rotatable bonds is 10. The van der Waals surface area contributed by atoms with Gasteiger partial charge in [-0.05, 0) is 48.1 Å². The minimum absolute atomic E-state index is 0.266. The van der Waals surface area contributed by atoms with Crippen molar-refractivity contribution in [2.75, 3.05) is 63.3 Å². The Morgan fingerprint density at radius 1 is 1.07 bits per heavy atom. The second kappa shape index (κ2) is 13.8. The van der Waals surface area contributed by atoms with Gasteiger partial charge in [-0.2, -0.15) is 0 Å². The van der Waals surface area contributed by atoms with Gasteiger partial charge in [-0.1, -0.05) is 12.1 Å². The van der Waals surface area contributed by atoms with Crippen molar-refractivity contribution in [2.24, 2.45) is 5.92 Å². The van der Waals surface area contributed by atoms with Gasteiger partial charge < -0.3 is 25.0 Å². The van der Waals surface area contributed by atoms with Gasteiger partial charge in [0.2, 0.25) is 0 Å². The van der Waals surface area contributed by atoms with E-state index in [4.69, 9.17) is 9.47 Å². The highest BCUT2D eigenvalue weighted by molar-refractivity contribution is 7.13. The molecule has 2 fully saturated rings. The number of benzene rings is 1. The maximum Gasteiger partial charge on any atom is 0.275 e. The number of amides is 2. The average molecular weight is 565 g/mol. The molecule has 212 valence electrons. The average Bonchev–Trinajstić information content (AvgIpc) is 3.49. The number of hydrogen-bond donors (Lipinski definition) is 2. The molecule has 2 amide bonds. The minimum Gasteiger partial charge on any atom is -0.381 e. The van der Waals surface area contributed by atoms with E-state index in [1.807, 2.05) is 31.3 Å². The lowest BCUT2D eigenvalue weighted by atomic mass is 10.0. The van der Waals surface area contributed by atoms with E-state index >= 15 is 0 Å². The zero-order valence-corrected chi connectivity index (χ0v) is 23.6. The highest BCUT2D eigenvalue weighted by Crippen LogP contribution is 2.25. The SMILES string of the molecule is CN(CC1CCOCC1)c1nc(C(=O)Nc2ccc(CN3CCOCC3)cc2C(=O)NCc2cccnc2)cs1. The van der Waals surface area contributed by atoms with Gasteiger partial charge in [0.05, 0.1) is 24.5 Å². The fourth-order valence-electron chi connectivity index (χ4n) is 4.91. The third-order valence-electron chi connectivity index (χ3n) is 7.19. The summed E-state index contributed by atoms with van der Waals surface area (Å²) in [6.45, 7) is 6.61. The second-order valence-electron chi connectivity index (χ2n) is 10.2. The number of nitrogens with one attached hydrogen (secondary N) is 2. The molecule has 2 aromatic heterocycles. The molecule has 2 aliphatic rings. The number of pyridine rings is 1. The van der Waals surface area contributed by atoms with Gasteiger partial charge in [0.15, 0.2) is 5.13 Å². The van der Waals surface area contributed by atoms with Gasteiger partial charge in [0.25, 0.3) is 11.8 Å². The number of carbonyl (C=O) groups is 2. The summed E-state index contributed by atoms with van der Waals surface area (Å²) in [4.78, 5) is 39.7. The third kappa shape index (κ3) is 7.63. The molecular formula is C29H36N6O4S. The van der Waals surface area contributed by atoms with Crippen LogP contribution in [0.5, 0.6) is 0 Å². The maximum atomic E-state index is 13.3. The lowest BCUT2D eigenvalue weighted by Crippen LogP contribution is -2.35. The third-order valence-corrected chi connectivity index (χ3v) is 8.14. The highest BCUT2D eigenvalue weighted by atomic mass is 32.1. The largest absolute Gasteiger partial charge is 0.381 e. The molecule has 5 rings (SSSR count). The van der Waals surface area contributed by atoms with Crippen LogP contribution in [0.15, 0.2) is 48.1 Å². The van der Waals surface area contributed by atoms with Crippen LogP contribution < -0.4 is 15.5 Å². The first-order valence-corrected chi connectivity index (χ1v) is 14.6. The van der Waals surface area contributed by atoms with Crippen LogP contribution in [0.2, 0.25) is 0 Å². The van der Waals surface area contributed by atoms with E-state index in [9.17, 15) is 9.59 Å². The van der Waals surface area contributed by atoms with E-state index in [0.29, 0.717) is 49.2 Å². The van der Waals surface area contributed by atoms with Gasteiger partial charge in [-0.25, -0.2) is 4.98 Å². The van der Waals surface area contributed by atoms with Crippen LogP contribution in [-0.2, 0) is 22.6 Å². The molecule has 40 heavy (non-hydrogen) atoms. The topological polar surface area (TPSA) is 109 Å². The fourth-order valence-corrected chi connectivity index (χ4v) is 5.69. The quantitative estimate of drug-likeness (QED) is 0.386. The van der Waals surface area contributed by atoms with Crippen molar-refractivity contribution in [1.82, 2.24) is 20.2 Å². The molecule has 0 aliphatic carbocycles. The van der Waals surface area contributed by atoms with Crippen molar-refractivity contribution >= 4 is 34.0 Å². The summed E-state index contributed by atoms with van der Waals surface area (Å²) in [6.07, 6.45) is 5.49. The smallest absolute Gasteiger partial charge is 0.275 e. The van der Waals surface area contributed by atoms with Crippen molar-refractivity contribution in [3.8, 4) is 0 Å². The fraction of sp³-hybridized carbons (Fsp3) is 0.448. The monoisotopic (exact) mass is 564 g/mol. The Morgan fingerprint density at radius 2 is 1.88 bits per heavy atom. The minimum atomic E-state index is -0.343. The first-order valence-electron chi connectivity index (χ1n) is 13.7. The summed E-state index contributed by atoms with van der Waals surface area (Å²) >= 11 is 1.45. The van der Waals surface area contributed by atoms with Gasteiger partial charge in [-0.3, -0.25) is 19.5 Å². The number of aromatic nitrogens is 2. The Bertz CT molecular complexity index is 1270. The van der Waals surface area contributed by atoms with E-state index in [1.165, 1.54) is 11.3 Å². The molecule has 0 spiro atoms. The first-order chi connectivity index (χ1) is 19.5. The lowest BCUT2D eigenvalue weighted by Gasteiger charge is -2.27. The molecule has 1 aromatic carbocycles. The molecule has 0 saturated carbocycles. The molecule has 2 saturated heterocycles. The van der Waals surface area contributed by atoms with E-state index in [2.05, 4.69) is 30.4 Å². The summed E-state index contributed by atoms with van der Waals surface area (Å²) in [7, 11) is 2.01. The van der Waals surface area contributed by atoms with Crippen molar-refractivity contribution in [3.63, 3.8) is 0 Å². The lowest BCUT2D eigenvalue weighted by molar-refractivity contribution is 0.0342. The number of carbonyl (C=O) groups excluding carboxylic acids is 2. The van der Waals surface area contributed by atoms with Crippen molar-refractivity contribution in [2.45, 2.75) is 25.9 Å². The zero-order chi connectivity index (χ0) is 27.7. The highest BCUT2D eigenvalue weighted by Gasteiger charge is 2.21. The summed E-state index contributed by atoms with van der Waals surface area (Å²) < 4.78 is 10.9. The molecule has 2 N–H and O–H groups in total. The number of nitrogens with zero attached hydrogens (tertiary/aromatic N) is 4. The summed E-state index contributed by atoms with van der Waals surface area (Å²) in [5, 5.41) is 8.46. The molecule has 0 radical (unpaired) electrons. The predicted molar refractivity (Wildman–Crippen MR) is 155 cm³/mol. The number of hydrogen-bond acceptors (Lipinski definition) is 9. The summed E-state index contributed by atoms with van der Waals surface area (Å²) in [6, 6.07) is 9.36. The summed E-state index contributed by atoms with van der Waals surface area (Å²) in [5.74, 6) is -0.0500. The Morgan fingerprint density at radius 3 is 2.65 bits per heavy atom. The molecule has 11 heteroatoms. The van der Waals surface area contributed by atoms with E-state index < -0.39 is 0 Å². The Labute approximate surface area is 238 Å².